The number of piperazine rings is 1. The number of piperidine rings is 1. The number of urea groups is 1. The highest BCUT2D eigenvalue weighted by Gasteiger charge is 2.24. The van der Waals surface area contributed by atoms with E-state index in [9.17, 15) is 9.59 Å². The van der Waals surface area contributed by atoms with Gasteiger partial charge in [-0.2, -0.15) is 0 Å². The topological polar surface area (TPSA) is 55.9 Å². The van der Waals surface area contributed by atoms with E-state index in [0.29, 0.717) is 0 Å². The average Bonchev–Trinajstić information content (AvgIpc) is 2.48. The summed E-state index contributed by atoms with van der Waals surface area (Å²) in [5, 5.41) is 3.21. The summed E-state index contributed by atoms with van der Waals surface area (Å²) >= 11 is 0. The first kappa shape index (κ1) is 14.1. The molecule has 0 saturated carbocycles. The maximum absolute atomic E-state index is 12.2. The molecule has 2 fully saturated rings. The van der Waals surface area contributed by atoms with Crippen molar-refractivity contribution in [2.24, 2.45) is 0 Å². The van der Waals surface area contributed by atoms with Gasteiger partial charge in [-0.15, -0.1) is 0 Å². The van der Waals surface area contributed by atoms with Crippen molar-refractivity contribution in [2.45, 2.75) is 19.3 Å². The second-order valence-corrected chi connectivity index (χ2v) is 5.32. The Kier molecular flexibility index (Phi) is 5.01. The normalized spacial score (nSPS) is 20.3. The molecule has 2 rings (SSSR count). The molecule has 19 heavy (non-hydrogen) atoms. The zero-order valence-corrected chi connectivity index (χ0v) is 11.7. The van der Waals surface area contributed by atoms with Crippen LogP contribution in [0.4, 0.5) is 4.79 Å². The number of amides is 3. The third-order valence-corrected chi connectivity index (χ3v) is 3.80. The number of carbonyl (C=O) groups excluding carboxylic acids is 2. The molecule has 0 aliphatic carbocycles. The van der Waals surface area contributed by atoms with Crippen LogP contribution in [0, 0.1) is 0 Å². The number of rotatable bonds is 2. The fourth-order valence-electron chi connectivity index (χ4n) is 2.61. The molecule has 0 unspecified atom stereocenters. The van der Waals surface area contributed by atoms with E-state index >= 15 is 0 Å². The minimum absolute atomic E-state index is 0.0109. The number of hydrogen-bond donors (Lipinski definition) is 1. The quantitative estimate of drug-likeness (QED) is 0.764. The first-order valence-electron chi connectivity index (χ1n) is 7.17. The van der Waals surface area contributed by atoms with E-state index in [2.05, 4.69) is 5.32 Å². The molecular formula is C13H24N4O2. The van der Waals surface area contributed by atoms with Crippen LogP contribution in [-0.4, -0.2) is 79.5 Å². The number of likely N-dealkylation sites (N-methyl/N-ethyl adjacent to an activating group) is 1. The fraction of sp³-hybridized carbons (Fsp3) is 0.846. The molecule has 1 N–H and O–H groups in total. The molecule has 2 saturated heterocycles. The molecule has 0 aromatic carbocycles. The lowest BCUT2D eigenvalue weighted by molar-refractivity contribution is -0.132. The Labute approximate surface area is 114 Å². The van der Waals surface area contributed by atoms with Crippen LogP contribution in [0.5, 0.6) is 0 Å². The van der Waals surface area contributed by atoms with E-state index in [1.54, 1.807) is 11.9 Å². The van der Waals surface area contributed by atoms with Crippen molar-refractivity contribution in [2.75, 3.05) is 52.9 Å². The molecule has 2 heterocycles. The molecule has 0 aromatic heterocycles. The van der Waals surface area contributed by atoms with Crippen molar-refractivity contribution in [1.82, 2.24) is 20.0 Å². The fourth-order valence-corrected chi connectivity index (χ4v) is 2.61. The molecular weight excluding hydrogens is 244 g/mol. The zero-order chi connectivity index (χ0) is 13.7. The lowest BCUT2D eigenvalue weighted by Gasteiger charge is -2.33. The van der Waals surface area contributed by atoms with Crippen molar-refractivity contribution in [3.05, 3.63) is 0 Å². The van der Waals surface area contributed by atoms with Gasteiger partial charge in [0.2, 0.25) is 5.91 Å². The summed E-state index contributed by atoms with van der Waals surface area (Å²) in [7, 11) is 1.72. The summed E-state index contributed by atoms with van der Waals surface area (Å²) in [6.45, 7) is 5.01. The van der Waals surface area contributed by atoms with Gasteiger partial charge >= 0.3 is 6.03 Å². The Morgan fingerprint density at radius 1 is 1.00 bits per heavy atom. The smallest absolute Gasteiger partial charge is 0.320 e. The van der Waals surface area contributed by atoms with Gasteiger partial charge in [0.15, 0.2) is 0 Å². The molecule has 2 aliphatic heterocycles. The van der Waals surface area contributed by atoms with Gasteiger partial charge in [-0.25, -0.2) is 4.79 Å². The minimum Gasteiger partial charge on any atom is -0.339 e. The summed E-state index contributed by atoms with van der Waals surface area (Å²) < 4.78 is 0. The van der Waals surface area contributed by atoms with Gasteiger partial charge in [-0.05, 0) is 19.3 Å². The highest BCUT2D eigenvalue weighted by Crippen LogP contribution is 2.10. The van der Waals surface area contributed by atoms with Crippen LogP contribution >= 0.6 is 0 Å². The molecule has 0 bridgehead atoms. The van der Waals surface area contributed by atoms with E-state index in [1.165, 1.54) is 6.42 Å². The third kappa shape index (κ3) is 3.83. The molecule has 6 nitrogen and oxygen atoms in total. The van der Waals surface area contributed by atoms with Crippen molar-refractivity contribution < 1.29 is 9.59 Å². The van der Waals surface area contributed by atoms with E-state index in [1.807, 2.05) is 9.80 Å². The van der Waals surface area contributed by atoms with Gasteiger partial charge < -0.3 is 20.0 Å². The van der Waals surface area contributed by atoms with Crippen LogP contribution in [0.2, 0.25) is 0 Å². The van der Waals surface area contributed by atoms with Crippen LogP contribution < -0.4 is 5.32 Å². The lowest BCUT2D eigenvalue weighted by Crippen LogP contribution is -2.51. The highest BCUT2D eigenvalue weighted by atomic mass is 16.2. The second kappa shape index (κ2) is 6.75. The summed E-state index contributed by atoms with van der Waals surface area (Å²) in [5.41, 5.74) is 0. The number of nitrogens with zero attached hydrogens (tertiary/aromatic N) is 3. The lowest BCUT2D eigenvalue weighted by atomic mass is 10.1. The van der Waals surface area contributed by atoms with E-state index < -0.39 is 0 Å². The van der Waals surface area contributed by atoms with Gasteiger partial charge in [0.25, 0.3) is 0 Å². The molecule has 3 amide bonds. The van der Waals surface area contributed by atoms with E-state index in [4.69, 9.17) is 0 Å². The Bertz CT molecular complexity index is 323. The second-order valence-electron chi connectivity index (χ2n) is 5.32. The van der Waals surface area contributed by atoms with Crippen LogP contribution in [0.25, 0.3) is 0 Å². The Morgan fingerprint density at radius 2 is 1.63 bits per heavy atom. The van der Waals surface area contributed by atoms with Gasteiger partial charge in [0, 0.05) is 46.3 Å². The molecule has 6 heteroatoms. The average molecular weight is 268 g/mol. The first-order chi connectivity index (χ1) is 9.18. The Morgan fingerprint density at radius 3 is 2.26 bits per heavy atom. The maximum atomic E-state index is 12.2. The van der Waals surface area contributed by atoms with Crippen molar-refractivity contribution in [3.8, 4) is 0 Å². The van der Waals surface area contributed by atoms with Gasteiger partial charge in [-0.3, -0.25) is 4.79 Å². The summed E-state index contributed by atoms with van der Waals surface area (Å²) in [4.78, 5) is 29.5. The number of nitrogens with one attached hydrogen (secondary N) is 1. The molecule has 0 spiro atoms. The largest absolute Gasteiger partial charge is 0.339 e. The van der Waals surface area contributed by atoms with Crippen molar-refractivity contribution >= 4 is 11.9 Å². The molecule has 0 aromatic rings. The highest BCUT2D eigenvalue weighted by molar-refractivity contribution is 5.84. The van der Waals surface area contributed by atoms with Crippen molar-refractivity contribution in [1.29, 1.82) is 0 Å². The standard InChI is InChI=1S/C13H24N4O2/c1-15(13(19)17-7-3-2-4-8-17)11-12(18)16-9-5-14-6-10-16/h14H,2-11H2,1H3. The van der Waals surface area contributed by atoms with Crippen LogP contribution in [0.1, 0.15) is 19.3 Å². The summed E-state index contributed by atoms with van der Waals surface area (Å²) in [6, 6.07) is -0.0109. The predicted molar refractivity (Wildman–Crippen MR) is 72.9 cm³/mol. The number of likely N-dealkylation sites (tertiary alicyclic amines) is 1. The van der Waals surface area contributed by atoms with E-state index in [0.717, 1.165) is 52.1 Å². The monoisotopic (exact) mass is 268 g/mol. The van der Waals surface area contributed by atoms with E-state index in [-0.39, 0.29) is 18.5 Å². The van der Waals surface area contributed by atoms with Gasteiger partial charge in [-0.1, -0.05) is 0 Å². The number of carbonyl (C=O) groups is 2. The van der Waals surface area contributed by atoms with Crippen molar-refractivity contribution in [3.63, 3.8) is 0 Å². The Hall–Kier alpha value is -1.30. The molecule has 0 atom stereocenters. The molecule has 0 radical (unpaired) electrons. The zero-order valence-electron chi connectivity index (χ0n) is 11.7. The Balaban J connectivity index is 1.80. The SMILES string of the molecule is CN(CC(=O)N1CCNCC1)C(=O)N1CCCCC1. The summed E-state index contributed by atoms with van der Waals surface area (Å²) in [5.74, 6) is 0.0503. The van der Waals surface area contributed by atoms with Gasteiger partial charge in [0.05, 0.1) is 0 Å². The minimum atomic E-state index is -0.0109. The third-order valence-electron chi connectivity index (χ3n) is 3.80. The van der Waals surface area contributed by atoms with Gasteiger partial charge in [0.1, 0.15) is 6.54 Å². The molecule has 108 valence electrons. The predicted octanol–water partition coefficient (Wildman–Crippen LogP) is -0.0441. The van der Waals surface area contributed by atoms with Crippen LogP contribution in [0.3, 0.4) is 0 Å². The first-order valence-corrected chi connectivity index (χ1v) is 7.17. The molecule has 2 aliphatic rings. The maximum Gasteiger partial charge on any atom is 0.320 e. The van der Waals surface area contributed by atoms with Crippen LogP contribution in [-0.2, 0) is 4.79 Å². The van der Waals surface area contributed by atoms with Crippen LogP contribution in [0.15, 0.2) is 0 Å². The number of hydrogen-bond acceptors (Lipinski definition) is 3. The summed E-state index contributed by atoms with van der Waals surface area (Å²) in [6.07, 6.45) is 3.35.